The van der Waals surface area contributed by atoms with Crippen LogP contribution in [-0.2, 0) is 6.18 Å². The van der Waals surface area contributed by atoms with Crippen LogP contribution in [0.3, 0.4) is 0 Å². The van der Waals surface area contributed by atoms with Crippen molar-refractivity contribution in [2.24, 2.45) is 5.73 Å². The van der Waals surface area contributed by atoms with Gasteiger partial charge in [0.05, 0.1) is 12.2 Å². The van der Waals surface area contributed by atoms with E-state index in [1.165, 1.54) is 12.1 Å². The largest absolute Gasteiger partial charge is 0.416 e. The lowest BCUT2D eigenvalue weighted by atomic mass is 9.89. The first kappa shape index (κ1) is 14.0. The number of aliphatic hydroxyl groups is 1. The summed E-state index contributed by atoms with van der Waals surface area (Å²) in [6.07, 6.45) is -3.65. The van der Waals surface area contributed by atoms with Gasteiger partial charge >= 0.3 is 6.18 Å². The molecule has 1 aromatic rings. The maximum Gasteiger partial charge on any atom is 0.416 e. The first-order valence-corrected chi connectivity index (χ1v) is 5.43. The zero-order chi connectivity index (χ0) is 13.1. The summed E-state index contributed by atoms with van der Waals surface area (Å²) in [5.74, 6) is -0.123. The van der Waals surface area contributed by atoms with Gasteiger partial charge < -0.3 is 10.8 Å². The molecule has 0 amide bonds. The summed E-state index contributed by atoms with van der Waals surface area (Å²) in [5.41, 5.74) is 5.76. The molecule has 0 radical (unpaired) electrons. The Bertz CT molecular complexity index is 348. The van der Waals surface area contributed by atoms with E-state index in [9.17, 15) is 13.2 Å². The summed E-state index contributed by atoms with van der Waals surface area (Å²) in [6, 6.07) is 4.49. The molecule has 0 aliphatic heterocycles. The minimum absolute atomic E-state index is 0.123. The van der Waals surface area contributed by atoms with Crippen LogP contribution >= 0.6 is 0 Å². The highest BCUT2D eigenvalue weighted by Gasteiger charge is 2.30. The normalized spacial score (nSPS) is 15.6. The zero-order valence-electron chi connectivity index (χ0n) is 9.54. The highest BCUT2D eigenvalue weighted by molar-refractivity contribution is 5.28. The van der Waals surface area contributed by atoms with Crippen LogP contribution in [0.5, 0.6) is 0 Å². The Labute approximate surface area is 98.3 Å². The van der Waals surface area contributed by atoms with Crippen LogP contribution in [0.2, 0.25) is 0 Å². The number of hydrogen-bond donors (Lipinski definition) is 2. The molecule has 2 atom stereocenters. The molecule has 0 aliphatic carbocycles. The smallest absolute Gasteiger partial charge is 0.395 e. The quantitative estimate of drug-likeness (QED) is 0.858. The Morgan fingerprint density at radius 2 is 1.76 bits per heavy atom. The molecule has 3 N–H and O–H groups in total. The van der Waals surface area contributed by atoms with Crippen LogP contribution in [0.15, 0.2) is 24.3 Å². The number of halogens is 3. The van der Waals surface area contributed by atoms with Crippen LogP contribution in [0, 0.1) is 0 Å². The molecular formula is C12H16F3NO. The van der Waals surface area contributed by atoms with E-state index in [2.05, 4.69) is 0 Å². The van der Waals surface area contributed by atoms with Crippen molar-refractivity contribution in [1.82, 2.24) is 0 Å². The molecule has 2 unspecified atom stereocenters. The molecule has 1 rings (SSSR count). The van der Waals surface area contributed by atoms with Crippen LogP contribution in [0.25, 0.3) is 0 Å². The van der Waals surface area contributed by atoms with Crippen molar-refractivity contribution < 1.29 is 18.3 Å². The van der Waals surface area contributed by atoms with E-state index in [1.54, 1.807) is 0 Å². The number of alkyl halides is 3. The van der Waals surface area contributed by atoms with Crippen molar-refractivity contribution in [3.63, 3.8) is 0 Å². The first-order valence-electron chi connectivity index (χ1n) is 5.43. The highest BCUT2D eigenvalue weighted by atomic mass is 19.4. The van der Waals surface area contributed by atoms with E-state index < -0.39 is 17.8 Å². The minimum Gasteiger partial charge on any atom is -0.395 e. The van der Waals surface area contributed by atoms with Gasteiger partial charge in [-0.15, -0.1) is 0 Å². The second kappa shape index (κ2) is 5.51. The fourth-order valence-corrected chi connectivity index (χ4v) is 1.83. The SMILES string of the molecule is CCC(c1ccc(C(F)(F)F)cc1)C(N)CO. The Morgan fingerprint density at radius 1 is 1.24 bits per heavy atom. The maximum absolute atomic E-state index is 12.4. The average molecular weight is 247 g/mol. The van der Waals surface area contributed by atoms with Crippen molar-refractivity contribution in [3.05, 3.63) is 35.4 Å². The van der Waals surface area contributed by atoms with Crippen molar-refractivity contribution >= 4 is 0 Å². The summed E-state index contributed by atoms with van der Waals surface area (Å²) >= 11 is 0. The average Bonchev–Trinajstić information content (AvgIpc) is 2.29. The van der Waals surface area contributed by atoms with Crippen LogP contribution in [0.1, 0.15) is 30.4 Å². The van der Waals surface area contributed by atoms with E-state index in [-0.39, 0.29) is 12.5 Å². The third kappa shape index (κ3) is 3.44. The molecule has 2 nitrogen and oxygen atoms in total. The lowest BCUT2D eigenvalue weighted by Crippen LogP contribution is -2.31. The number of hydrogen-bond acceptors (Lipinski definition) is 2. The van der Waals surface area contributed by atoms with Gasteiger partial charge in [0.1, 0.15) is 0 Å². The minimum atomic E-state index is -4.32. The molecule has 0 saturated heterocycles. The summed E-state index contributed by atoms with van der Waals surface area (Å²) in [6.45, 7) is 1.71. The molecular weight excluding hydrogens is 231 g/mol. The molecule has 0 fully saturated rings. The Hall–Kier alpha value is -1.07. The van der Waals surface area contributed by atoms with Gasteiger partial charge in [-0.1, -0.05) is 19.1 Å². The predicted molar refractivity (Wildman–Crippen MR) is 59.5 cm³/mol. The fourth-order valence-electron chi connectivity index (χ4n) is 1.83. The third-order valence-electron chi connectivity index (χ3n) is 2.83. The van der Waals surface area contributed by atoms with Gasteiger partial charge in [0, 0.05) is 12.0 Å². The molecule has 0 aromatic heterocycles. The Morgan fingerprint density at radius 3 is 2.12 bits per heavy atom. The number of benzene rings is 1. The van der Waals surface area contributed by atoms with E-state index in [0.717, 1.165) is 17.7 Å². The Balaban J connectivity index is 2.93. The standard InChI is InChI=1S/C12H16F3NO/c1-2-10(11(16)7-17)8-3-5-9(6-4-8)12(13,14)15/h3-6,10-11,17H,2,7,16H2,1H3. The maximum atomic E-state index is 12.4. The third-order valence-corrected chi connectivity index (χ3v) is 2.83. The predicted octanol–water partition coefficient (Wildman–Crippen LogP) is 2.52. The van der Waals surface area contributed by atoms with E-state index in [0.29, 0.717) is 6.42 Å². The fraction of sp³-hybridized carbons (Fsp3) is 0.500. The van der Waals surface area contributed by atoms with Crippen molar-refractivity contribution in [2.75, 3.05) is 6.61 Å². The Kier molecular flexibility index (Phi) is 4.54. The summed E-state index contributed by atoms with van der Waals surface area (Å²) in [4.78, 5) is 0. The molecule has 0 heterocycles. The number of aliphatic hydroxyl groups excluding tert-OH is 1. The van der Waals surface area contributed by atoms with Gasteiger partial charge in [-0.2, -0.15) is 13.2 Å². The van der Waals surface area contributed by atoms with Crippen molar-refractivity contribution in [3.8, 4) is 0 Å². The van der Waals surface area contributed by atoms with Crippen LogP contribution in [0.4, 0.5) is 13.2 Å². The molecule has 0 aliphatic rings. The molecule has 0 saturated carbocycles. The van der Waals surface area contributed by atoms with Crippen molar-refractivity contribution in [1.29, 1.82) is 0 Å². The molecule has 96 valence electrons. The topological polar surface area (TPSA) is 46.2 Å². The summed E-state index contributed by atoms with van der Waals surface area (Å²) < 4.78 is 37.1. The lowest BCUT2D eigenvalue weighted by molar-refractivity contribution is -0.137. The van der Waals surface area contributed by atoms with Gasteiger partial charge in [0.2, 0.25) is 0 Å². The van der Waals surface area contributed by atoms with Gasteiger partial charge in [-0.25, -0.2) is 0 Å². The van der Waals surface area contributed by atoms with E-state index in [1.807, 2.05) is 6.92 Å². The molecule has 17 heavy (non-hydrogen) atoms. The highest BCUT2D eigenvalue weighted by Crippen LogP contribution is 2.31. The van der Waals surface area contributed by atoms with Crippen LogP contribution in [-0.4, -0.2) is 17.8 Å². The molecule has 0 bridgehead atoms. The van der Waals surface area contributed by atoms with Gasteiger partial charge in [0.15, 0.2) is 0 Å². The molecule has 5 heteroatoms. The van der Waals surface area contributed by atoms with E-state index in [4.69, 9.17) is 10.8 Å². The summed E-state index contributed by atoms with van der Waals surface area (Å²) in [5, 5.41) is 8.98. The van der Waals surface area contributed by atoms with Crippen molar-refractivity contribution in [2.45, 2.75) is 31.5 Å². The van der Waals surface area contributed by atoms with Gasteiger partial charge in [-0.3, -0.25) is 0 Å². The lowest BCUT2D eigenvalue weighted by Gasteiger charge is -2.21. The first-order chi connectivity index (χ1) is 7.90. The monoisotopic (exact) mass is 247 g/mol. The second-order valence-electron chi connectivity index (χ2n) is 3.98. The molecule has 1 aromatic carbocycles. The second-order valence-corrected chi connectivity index (χ2v) is 3.98. The number of nitrogens with two attached hydrogens (primary N) is 1. The van der Waals surface area contributed by atoms with Gasteiger partial charge in [-0.05, 0) is 24.1 Å². The van der Waals surface area contributed by atoms with Crippen LogP contribution < -0.4 is 5.73 Å². The van der Waals surface area contributed by atoms with Gasteiger partial charge in [0.25, 0.3) is 0 Å². The zero-order valence-corrected chi connectivity index (χ0v) is 9.54. The number of rotatable bonds is 4. The summed E-state index contributed by atoms with van der Waals surface area (Å²) in [7, 11) is 0. The molecule has 0 spiro atoms. The van der Waals surface area contributed by atoms with E-state index >= 15 is 0 Å².